The number of para-hydroxylation sites is 1. The number of ether oxygens (including phenoxy) is 1. The van der Waals surface area contributed by atoms with Crippen LogP contribution in [0.2, 0.25) is 0 Å². The van der Waals surface area contributed by atoms with Crippen LogP contribution in [-0.4, -0.2) is 16.1 Å². The third-order valence-corrected chi connectivity index (χ3v) is 5.68. The molecule has 27 heavy (non-hydrogen) atoms. The van der Waals surface area contributed by atoms with E-state index in [1.165, 1.54) is 0 Å². The largest absolute Gasteiger partial charge is 0.437 e. The molecule has 0 fully saturated rings. The predicted molar refractivity (Wildman–Crippen MR) is 102 cm³/mol. The summed E-state index contributed by atoms with van der Waals surface area (Å²) in [5, 5.41) is 12.5. The van der Waals surface area contributed by atoms with Gasteiger partial charge in [-0.2, -0.15) is 0 Å². The number of rotatable bonds is 0. The fourth-order valence-electron chi connectivity index (χ4n) is 4.63. The molecule has 1 atom stereocenters. The fourth-order valence-corrected chi connectivity index (χ4v) is 4.63. The molecule has 6 rings (SSSR count). The minimum Gasteiger partial charge on any atom is -0.437 e. The Labute approximate surface area is 155 Å². The molecule has 0 radical (unpaired) electrons. The number of anilines is 1. The van der Waals surface area contributed by atoms with E-state index in [0.717, 1.165) is 38.8 Å². The molecule has 130 valence electrons. The zero-order chi connectivity index (χ0) is 18.2. The first-order valence-corrected chi connectivity index (χ1v) is 8.87. The van der Waals surface area contributed by atoms with Gasteiger partial charge in [0, 0.05) is 22.5 Å². The lowest BCUT2D eigenvalue weighted by molar-refractivity contribution is -0.118. The summed E-state index contributed by atoms with van der Waals surface area (Å²) in [6.45, 7) is 1.93. The smallest absolute Gasteiger partial charge is 0.244 e. The summed E-state index contributed by atoms with van der Waals surface area (Å²) >= 11 is 0. The molecule has 3 aromatic carbocycles. The van der Waals surface area contributed by atoms with E-state index in [0.29, 0.717) is 11.6 Å². The maximum atomic E-state index is 13.6. The first-order chi connectivity index (χ1) is 13.2. The fraction of sp³-hybridized carbons (Fsp3) is 0.0909. The lowest BCUT2D eigenvalue weighted by atomic mass is 9.67. The third-order valence-electron chi connectivity index (χ3n) is 5.68. The van der Waals surface area contributed by atoms with E-state index < -0.39 is 5.41 Å². The van der Waals surface area contributed by atoms with Crippen molar-refractivity contribution in [1.29, 1.82) is 0 Å². The summed E-state index contributed by atoms with van der Waals surface area (Å²) in [5.41, 5.74) is 3.26. The number of fused-ring (bicyclic) bond motifs is 8. The second kappa shape index (κ2) is 4.76. The number of carbonyl (C=O) groups is 1. The van der Waals surface area contributed by atoms with Crippen LogP contribution in [0, 0.1) is 6.92 Å². The van der Waals surface area contributed by atoms with Crippen molar-refractivity contribution in [3.05, 3.63) is 83.0 Å². The van der Waals surface area contributed by atoms with Crippen LogP contribution in [0.4, 0.5) is 5.69 Å². The third kappa shape index (κ3) is 1.60. The summed E-state index contributed by atoms with van der Waals surface area (Å²) in [7, 11) is 0. The standard InChI is InChI=1S/C22H15N3O2/c1-12-18-20(25-24-12)27-17-11-10-13-6-2-3-7-14(13)19(17)22(18)15-8-4-5-9-16(15)23-21(22)26/h2-11H,1H3,(H,23,26)(H,24,25). The van der Waals surface area contributed by atoms with Gasteiger partial charge in [-0.05, 0) is 29.8 Å². The maximum absolute atomic E-state index is 13.6. The second-order valence-corrected chi connectivity index (χ2v) is 7.04. The molecule has 0 saturated heterocycles. The highest BCUT2D eigenvalue weighted by Gasteiger charge is 2.57. The number of aromatic amines is 1. The summed E-state index contributed by atoms with van der Waals surface area (Å²) < 4.78 is 6.13. The lowest BCUT2D eigenvalue weighted by Gasteiger charge is -2.34. The van der Waals surface area contributed by atoms with E-state index >= 15 is 0 Å². The van der Waals surface area contributed by atoms with E-state index in [2.05, 4.69) is 21.6 Å². The Hall–Kier alpha value is -3.60. The molecule has 1 amide bonds. The van der Waals surface area contributed by atoms with Gasteiger partial charge in [0.2, 0.25) is 11.8 Å². The number of aryl methyl sites for hydroxylation is 1. The van der Waals surface area contributed by atoms with Gasteiger partial charge >= 0.3 is 0 Å². The van der Waals surface area contributed by atoms with Crippen LogP contribution in [0.5, 0.6) is 11.6 Å². The molecule has 4 aromatic rings. The van der Waals surface area contributed by atoms with Crippen molar-refractivity contribution in [1.82, 2.24) is 10.2 Å². The molecule has 0 saturated carbocycles. The number of carbonyl (C=O) groups excluding carboxylic acids is 1. The van der Waals surface area contributed by atoms with Gasteiger partial charge in [-0.25, -0.2) is 0 Å². The molecule has 1 aromatic heterocycles. The molecule has 2 N–H and O–H groups in total. The van der Waals surface area contributed by atoms with Crippen molar-refractivity contribution >= 4 is 22.4 Å². The van der Waals surface area contributed by atoms with Crippen LogP contribution in [0.3, 0.4) is 0 Å². The molecule has 1 unspecified atom stereocenters. The van der Waals surface area contributed by atoms with E-state index in [4.69, 9.17) is 4.74 Å². The van der Waals surface area contributed by atoms with Gasteiger partial charge in [0.1, 0.15) is 11.2 Å². The van der Waals surface area contributed by atoms with Crippen molar-refractivity contribution < 1.29 is 9.53 Å². The highest BCUT2D eigenvalue weighted by Crippen LogP contribution is 2.58. The zero-order valence-corrected chi connectivity index (χ0v) is 14.5. The SMILES string of the molecule is Cc1[nH]nc2c1C1(C(=O)Nc3ccccc31)c1c(ccc3ccccc13)O2. The van der Waals surface area contributed by atoms with E-state index in [9.17, 15) is 4.79 Å². The molecular formula is C22H15N3O2. The average molecular weight is 353 g/mol. The number of nitrogens with one attached hydrogen (secondary N) is 2. The molecule has 5 nitrogen and oxygen atoms in total. The first kappa shape index (κ1) is 14.6. The van der Waals surface area contributed by atoms with E-state index in [-0.39, 0.29) is 5.91 Å². The first-order valence-electron chi connectivity index (χ1n) is 8.87. The maximum Gasteiger partial charge on any atom is 0.244 e. The zero-order valence-electron chi connectivity index (χ0n) is 14.5. The summed E-state index contributed by atoms with van der Waals surface area (Å²) in [5.74, 6) is 1.05. The molecule has 0 aliphatic carbocycles. The van der Waals surface area contributed by atoms with Gasteiger partial charge in [0.05, 0.1) is 5.56 Å². The van der Waals surface area contributed by atoms with Gasteiger partial charge in [0.15, 0.2) is 0 Å². The lowest BCUT2D eigenvalue weighted by Crippen LogP contribution is -2.39. The molecule has 2 aliphatic rings. The Morgan fingerprint density at radius 2 is 1.78 bits per heavy atom. The molecule has 2 aliphatic heterocycles. The minimum absolute atomic E-state index is 0.0737. The van der Waals surface area contributed by atoms with Gasteiger partial charge in [0.25, 0.3) is 0 Å². The van der Waals surface area contributed by atoms with Crippen LogP contribution in [-0.2, 0) is 10.2 Å². The van der Waals surface area contributed by atoms with Crippen LogP contribution in [0.15, 0.2) is 60.7 Å². The molecular weight excluding hydrogens is 338 g/mol. The number of hydrogen-bond donors (Lipinski definition) is 2. The highest BCUT2D eigenvalue weighted by molar-refractivity contribution is 6.15. The number of hydrogen-bond acceptors (Lipinski definition) is 3. The number of H-pyrrole nitrogens is 1. The van der Waals surface area contributed by atoms with Crippen molar-refractivity contribution in [3.63, 3.8) is 0 Å². The van der Waals surface area contributed by atoms with Crippen molar-refractivity contribution in [2.45, 2.75) is 12.3 Å². The normalized spacial score (nSPS) is 19.4. The van der Waals surface area contributed by atoms with Gasteiger partial charge in [-0.3, -0.25) is 9.89 Å². The van der Waals surface area contributed by atoms with E-state index in [1.807, 2.05) is 61.5 Å². The topological polar surface area (TPSA) is 67.0 Å². The molecule has 3 heterocycles. The van der Waals surface area contributed by atoms with Crippen molar-refractivity contribution in [3.8, 4) is 11.6 Å². The van der Waals surface area contributed by atoms with E-state index in [1.54, 1.807) is 0 Å². The monoisotopic (exact) mass is 353 g/mol. The Kier molecular flexibility index (Phi) is 2.57. The highest BCUT2D eigenvalue weighted by atomic mass is 16.5. The predicted octanol–water partition coefficient (Wildman–Crippen LogP) is 4.26. The number of benzene rings is 3. The molecule has 1 spiro atoms. The molecule has 0 bridgehead atoms. The molecule has 5 heteroatoms. The van der Waals surface area contributed by atoms with Crippen LogP contribution in [0.1, 0.15) is 22.4 Å². The minimum atomic E-state index is -0.989. The summed E-state index contributed by atoms with van der Waals surface area (Å²) in [6, 6.07) is 19.9. The Morgan fingerprint density at radius 3 is 2.70 bits per heavy atom. The van der Waals surface area contributed by atoms with Gasteiger partial charge in [-0.15, -0.1) is 5.10 Å². The van der Waals surface area contributed by atoms with Crippen molar-refractivity contribution in [2.75, 3.05) is 5.32 Å². The Bertz CT molecular complexity index is 1270. The summed E-state index contributed by atoms with van der Waals surface area (Å²) in [6.07, 6.45) is 0. The average Bonchev–Trinajstić information content (AvgIpc) is 3.20. The number of nitrogens with zero attached hydrogens (tertiary/aromatic N) is 1. The number of aromatic nitrogens is 2. The quantitative estimate of drug-likeness (QED) is 0.496. The second-order valence-electron chi connectivity index (χ2n) is 7.04. The van der Waals surface area contributed by atoms with Gasteiger partial charge in [-0.1, -0.05) is 48.5 Å². The van der Waals surface area contributed by atoms with Crippen LogP contribution >= 0.6 is 0 Å². The van der Waals surface area contributed by atoms with Crippen molar-refractivity contribution in [2.24, 2.45) is 0 Å². The summed E-state index contributed by atoms with van der Waals surface area (Å²) in [4.78, 5) is 13.6. The Morgan fingerprint density at radius 1 is 0.963 bits per heavy atom. The van der Waals surface area contributed by atoms with Gasteiger partial charge < -0.3 is 10.1 Å². The van der Waals surface area contributed by atoms with Crippen LogP contribution in [0.25, 0.3) is 10.8 Å². The van der Waals surface area contributed by atoms with Crippen LogP contribution < -0.4 is 10.1 Å². The Balaban J connectivity index is 1.86. The number of amides is 1.